The molecule has 3 heteroatoms. The van der Waals surface area contributed by atoms with Crippen molar-refractivity contribution in [2.75, 3.05) is 13.1 Å². The molecule has 1 heterocycles. The summed E-state index contributed by atoms with van der Waals surface area (Å²) in [6, 6.07) is 15.8. The number of halogens is 1. The van der Waals surface area contributed by atoms with Gasteiger partial charge in [0.2, 0.25) is 0 Å². The predicted octanol–water partition coefficient (Wildman–Crippen LogP) is 2.88. The van der Waals surface area contributed by atoms with Crippen LogP contribution in [-0.2, 0) is 13.0 Å². The summed E-state index contributed by atoms with van der Waals surface area (Å²) >= 11 is 0. The van der Waals surface area contributed by atoms with Crippen LogP contribution in [0.5, 0.6) is 0 Å². The number of nitrogens with zero attached hydrogens (tertiary/aromatic N) is 1. The van der Waals surface area contributed by atoms with Gasteiger partial charge in [0.25, 0.3) is 0 Å². The van der Waals surface area contributed by atoms with Gasteiger partial charge < -0.3 is 5.73 Å². The number of hydrogen-bond donors (Lipinski definition) is 1. The smallest absolute Gasteiger partial charge is 0.128 e. The van der Waals surface area contributed by atoms with Gasteiger partial charge in [0, 0.05) is 31.2 Å². The quantitative estimate of drug-likeness (QED) is 0.925. The highest BCUT2D eigenvalue weighted by Gasteiger charge is 2.30. The zero-order valence-corrected chi connectivity index (χ0v) is 11.4. The van der Waals surface area contributed by atoms with Gasteiger partial charge in [-0.1, -0.05) is 42.5 Å². The van der Waals surface area contributed by atoms with Gasteiger partial charge in [0.15, 0.2) is 0 Å². The maximum absolute atomic E-state index is 13.9. The van der Waals surface area contributed by atoms with E-state index >= 15 is 0 Å². The molecule has 1 aliphatic rings. The van der Waals surface area contributed by atoms with Crippen molar-refractivity contribution in [2.24, 2.45) is 5.73 Å². The van der Waals surface area contributed by atoms with Crippen molar-refractivity contribution in [3.8, 4) is 0 Å². The van der Waals surface area contributed by atoms with Crippen LogP contribution in [0.25, 0.3) is 0 Å². The molecule has 2 N–H and O–H groups in total. The topological polar surface area (TPSA) is 29.3 Å². The molecule has 0 aromatic heterocycles. The molecule has 1 aliphatic heterocycles. The van der Waals surface area contributed by atoms with Gasteiger partial charge in [-0.15, -0.1) is 0 Å². The molecule has 0 bridgehead atoms. The Hall–Kier alpha value is -1.71. The van der Waals surface area contributed by atoms with Gasteiger partial charge in [-0.25, -0.2) is 4.39 Å². The molecule has 0 saturated heterocycles. The minimum absolute atomic E-state index is 0.108. The summed E-state index contributed by atoms with van der Waals surface area (Å²) in [5, 5.41) is 0. The van der Waals surface area contributed by atoms with E-state index in [1.165, 1.54) is 11.6 Å². The second-order valence-electron chi connectivity index (χ2n) is 5.27. The molecule has 0 saturated carbocycles. The summed E-state index contributed by atoms with van der Waals surface area (Å²) < 4.78 is 13.9. The van der Waals surface area contributed by atoms with E-state index in [0.717, 1.165) is 24.1 Å². The molecule has 2 aromatic rings. The Labute approximate surface area is 119 Å². The number of hydrogen-bond acceptors (Lipinski definition) is 2. The second-order valence-corrected chi connectivity index (χ2v) is 5.27. The maximum Gasteiger partial charge on any atom is 0.128 e. The van der Waals surface area contributed by atoms with Gasteiger partial charge in [-0.2, -0.15) is 0 Å². The Kier molecular flexibility index (Phi) is 3.81. The van der Waals surface area contributed by atoms with E-state index in [1.54, 1.807) is 6.07 Å². The van der Waals surface area contributed by atoms with E-state index in [2.05, 4.69) is 17.0 Å². The summed E-state index contributed by atoms with van der Waals surface area (Å²) in [4.78, 5) is 2.28. The molecular weight excluding hydrogens is 251 g/mol. The van der Waals surface area contributed by atoms with Crippen molar-refractivity contribution < 1.29 is 4.39 Å². The lowest BCUT2D eigenvalue weighted by Gasteiger charge is -2.23. The zero-order valence-electron chi connectivity index (χ0n) is 11.4. The molecule has 1 unspecified atom stereocenters. The van der Waals surface area contributed by atoms with E-state index in [1.807, 2.05) is 24.3 Å². The molecule has 104 valence electrons. The van der Waals surface area contributed by atoms with Crippen LogP contribution in [0, 0.1) is 5.82 Å². The first-order valence-electron chi connectivity index (χ1n) is 7.05. The van der Waals surface area contributed by atoms with Crippen LogP contribution >= 0.6 is 0 Å². The third-order valence-corrected chi connectivity index (χ3v) is 4.07. The van der Waals surface area contributed by atoms with Gasteiger partial charge in [0.05, 0.1) is 0 Å². The summed E-state index contributed by atoms with van der Waals surface area (Å²) in [6.07, 6.45) is 0.965. The first-order chi connectivity index (χ1) is 9.79. The molecule has 0 radical (unpaired) electrons. The van der Waals surface area contributed by atoms with Crippen molar-refractivity contribution in [1.29, 1.82) is 0 Å². The first-order valence-corrected chi connectivity index (χ1v) is 7.05. The fraction of sp³-hybridized carbons (Fsp3) is 0.294. The van der Waals surface area contributed by atoms with E-state index in [9.17, 15) is 4.39 Å². The lowest BCUT2D eigenvalue weighted by atomic mass is 10.0. The first kappa shape index (κ1) is 13.3. The highest BCUT2D eigenvalue weighted by molar-refractivity contribution is 5.35. The van der Waals surface area contributed by atoms with Gasteiger partial charge in [-0.05, 0) is 23.6 Å². The fourth-order valence-electron chi connectivity index (χ4n) is 2.99. The third-order valence-electron chi connectivity index (χ3n) is 4.07. The molecule has 1 atom stereocenters. The number of rotatable bonds is 4. The van der Waals surface area contributed by atoms with E-state index in [4.69, 9.17) is 5.73 Å². The number of nitrogens with two attached hydrogens (primary N) is 1. The second kappa shape index (κ2) is 5.73. The van der Waals surface area contributed by atoms with Gasteiger partial charge >= 0.3 is 0 Å². The summed E-state index contributed by atoms with van der Waals surface area (Å²) in [5.41, 5.74) is 9.07. The third kappa shape index (κ3) is 2.47. The van der Waals surface area contributed by atoms with Crippen LogP contribution in [-0.4, -0.2) is 18.0 Å². The van der Waals surface area contributed by atoms with Crippen LogP contribution in [0.4, 0.5) is 4.39 Å². The molecule has 0 fully saturated rings. The van der Waals surface area contributed by atoms with Crippen molar-refractivity contribution in [1.82, 2.24) is 4.90 Å². The van der Waals surface area contributed by atoms with Gasteiger partial charge in [0.1, 0.15) is 5.82 Å². The largest absolute Gasteiger partial charge is 0.329 e. The van der Waals surface area contributed by atoms with Crippen LogP contribution in [0.3, 0.4) is 0 Å². The fourth-order valence-corrected chi connectivity index (χ4v) is 2.99. The monoisotopic (exact) mass is 270 g/mol. The maximum atomic E-state index is 13.9. The normalized spacial score (nSPS) is 18.2. The molecule has 0 spiro atoms. The highest BCUT2D eigenvalue weighted by Crippen LogP contribution is 2.34. The SMILES string of the molecule is NCC1c2cccc(F)c2CN1CCc1ccccc1. The van der Waals surface area contributed by atoms with E-state index in [0.29, 0.717) is 13.1 Å². The average molecular weight is 270 g/mol. The summed E-state index contributed by atoms with van der Waals surface area (Å²) in [5.74, 6) is -0.108. The van der Waals surface area contributed by atoms with Gasteiger partial charge in [-0.3, -0.25) is 4.90 Å². The molecule has 2 nitrogen and oxygen atoms in total. The molecule has 2 aromatic carbocycles. The van der Waals surface area contributed by atoms with Crippen LogP contribution < -0.4 is 5.73 Å². The minimum Gasteiger partial charge on any atom is -0.329 e. The highest BCUT2D eigenvalue weighted by atomic mass is 19.1. The Morgan fingerprint density at radius 2 is 1.90 bits per heavy atom. The Balaban J connectivity index is 1.74. The van der Waals surface area contributed by atoms with Crippen molar-refractivity contribution in [3.05, 3.63) is 71.0 Å². The van der Waals surface area contributed by atoms with Crippen molar-refractivity contribution in [2.45, 2.75) is 19.0 Å². The van der Waals surface area contributed by atoms with Crippen LogP contribution in [0.1, 0.15) is 22.7 Å². The standard InChI is InChI=1S/C17H19FN2/c18-16-8-4-7-14-15(16)12-20(17(14)11-19)10-9-13-5-2-1-3-6-13/h1-8,17H,9-12,19H2. The van der Waals surface area contributed by atoms with Crippen LogP contribution in [0.15, 0.2) is 48.5 Å². The number of benzene rings is 2. The zero-order chi connectivity index (χ0) is 13.9. The molecule has 0 aliphatic carbocycles. The van der Waals surface area contributed by atoms with Crippen molar-refractivity contribution in [3.63, 3.8) is 0 Å². The molecule has 20 heavy (non-hydrogen) atoms. The molecular formula is C17H19FN2. The molecule has 3 rings (SSSR count). The average Bonchev–Trinajstić information content (AvgIpc) is 2.85. The Bertz CT molecular complexity index is 583. The minimum atomic E-state index is -0.108. The van der Waals surface area contributed by atoms with E-state index in [-0.39, 0.29) is 11.9 Å². The van der Waals surface area contributed by atoms with Crippen LogP contribution in [0.2, 0.25) is 0 Å². The Morgan fingerprint density at radius 3 is 2.65 bits per heavy atom. The molecule has 0 amide bonds. The summed E-state index contributed by atoms with van der Waals surface area (Å²) in [6.45, 7) is 2.10. The number of fused-ring (bicyclic) bond motifs is 1. The lowest BCUT2D eigenvalue weighted by Crippen LogP contribution is -2.29. The lowest BCUT2D eigenvalue weighted by molar-refractivity contribution is 0.222. The van der Waals surface area contributed by atoms with Crippen molar-refractivity contribution >= 4 is 0 Å². The Morgan fingerprint density at radius 1 is 1.10 bits per heavy atom. The summed E-state index contributed by atoms with van der Waals surface area (Å²) in [7, 11) is 0. The predicted molar refractivity (Wildman–Crippen MR) is 78.8 cm³/mol. The van der Waals surface area contributed by atoms with E-state index < -0.39 is 0 Å².